The molecule has 0 aliphatic heterocycles. The molecule has 6 atom stereocenters. The van der Waals surface area contributed by atoms with Crippen molar-refractivity contribution in [3.8, 4) is 0 Å². The molecule has 0 bridgehead atoms. The molecule has 2 aliphatic rings. The van der Waals surface area contributed by atoms with Crippen LogP contribution in [-0.2, 0) is 4.79 Å². The molecule has 29 heavy (non-hydrogen) atoms. The molecule has 2 fully saturated rings. The van der Waals surface area contributed by atoms with Gasteiger partial charge in [-0.2, -0.15) is 0 Å². The summed E-state index contributed by atoms with van der Waals surface area (Å²) in [7, 11) is 0. The summed E-state index contributed by atoms with van der Waals surface area (Å²) >= 11 is 0. The Morgan fingerprint density at radius 2 is 1.69 bits per heavy atom. The summed E-state index contributed by atoms with van der Waals surface area (Å²) in [5.41, 5.74) is 0.647. The van der Waals surface area contributed by atoms with E-state index in [1.807, 2.05) is 0 Å². The second-order valence-electron chi connectivity index (χ2n) is 11.8. The third-order valence-electron chi connectivity index (χ3n) is 9.10. The summed E-state index contributed by atoms with van der Waals surface area (Å²) < 4.78 is 0. The van der Waals surface area contributed by atoms with E-state index < -0.39 is 5.97 Å². The largest absolute Gasteiger partial charge is 0.481 e. The summed E-state index contributed by atoms with van der Waals surface area (Å²) in [6.07, 6.45) is 11.8. The molecule has 2 saturated carbocycles. The summed E-state index contributed by atoms with van der Waals surface area (Å²) in [6.45, 7) is 14.3. The van der Waals surface area contributed by atoms with Crippen LogP contribution in [0.4, 0.5) is 0 Å². The molecule has 0 saturated heterocycles. The highest BCUT2D eigenvalue weighted by Crippen LogP contribution is 2.56. The Kier molecular flexibility index (Phi) is 8.65. The van der Waals surface area contributed by atoms with Gasteiger partial charge in [0.1, 0.15) is 0 Å². The van der Waals surface area contributed by atoms with Gasteiger partial charge in [0.05, 0.1) is 6.10 Å². The number of aliphatic carboxylic acids is 1. The molecule has 0 aromatic rings. The van der Waals surface area contributed by atoms with Crippen molar-refractivity contribution in [2.24, 2.45) is 40.4 Å². The van der Waals surface area contributed by atoms with Crippen LogP contribution in [0.1, 0.15) is 112 Å². The maximum absolute atomic E-state index is 11.0. The highest BCUT2D eigenvalue weighted by Gasteiger charge is 2.47. The third-order valence-corrected chi connectivity index (χ3v) is 9.10. The van der Waals surface area contributed by atoms with Gasteiger partial charge in [-0.05, 0) is 91.8 Å². The predicted octanol–water partition coefficient (Wildman–Crippen LogP) is 6.92. The Balaban J connectivity index is 2.03. The van der Waals surface area contributed by atoms with Crippen molar-refractivity contribution in [1.82, 2.24) is 0 Å². The monoisotopic (exact) mass is 408 g/mol. The van der Waals surface area contributed by atoms with Gasteiger partial charge in [0, 0.05) is 6.42 Å². The Labute approximate surface area is 180 Å². The van der Waals surface area contributed by atoms with Crippen molar-refractivity contribution < 1.29 is 15.0 Å². The lowest BCUT2D eigenvalue weighted by Crippen LogP contribution is -2.36. The van der Waals surface area contributed by atoms with Gasteiger partial charge < -0.3 is 10.2 Å². The minimum Gasteiger partial charge on any atom is -0.481 e. The number of aliphatic hydroxyl groups excluding tert-OH is 1. The molecule has 170 valence electrons. The van der Waals surface area contributed by atoms with Crippen LogP contribution < -0.4 is 0 Å². The molecule has 2 rings (SSSR count). The zero-order valence-corrected chi connectivity index (χ0v) is 20.0. The topological polar surface area (TPSA) is 57.5 Å². The first-order valence-corrected chi connectivity index (χ1v) is 12.4. The third kappa shape index (κ3) is 6.21. The van der Waals surface area contributed by atoms with E-state index in [4.69, 9.17) is 5.11 Å². The molecule has 3 nitrogen and oxygen atoms in total. The van der Waals surface area contributed by atoms with Gasteiger partial charge in [0.25, 0.3) is 0 Å². The van der Waals surface area contributed by atoms with Crippen molar-refractivity contribution in [1.29, 1.82) is 0 Å². The highest BCUT2D eigenvalue weighted by molar-refractivity contribution is 5.66. The summed E-state index contributed by atoms with van der Waals surface area (Å²) in [5, 5.41) is 19.3. The summed E-state index contributed by atoms with van der Waals surface area (Å²) in [4.78, 5) is 11.0. The molecule has 2 unspecified atom stereocenters. The van der Waals surface area contributed by atoms with Crippen molar-refractivity contribution in [3.05, 3.63) is 0 Å². The Bertz CT molecular complexity index is 524. The fourth-order valence-corrected chi connectivity index (χ4v) is 7.14. The lowest BCUT2D eigenvalue weighted by molar-refractivity contribution is -0.137. The maximum atomic E-state index is 11.0. The number of rotatable bonds is 10. The number of aliphatic hydroxyl groups is 1. The molecular formula is C26H48O3. The van der Waals surface area contributed by atoms with Crippen molar-refractivity contribution in [2.75, 3.05) is 0 Å². The van der Waals surface area contributed by atoms with Crippen LogP contribution in [0.15, 0.2) is 0 Å². The van der Waals surface area contributed by atoms with Gasteiger partial charge >= 0.3 is 5.97 Å². The zero-order chi connectivity index (χ0) is 21.8. The molecule has 0 amide bonds. The minimum atomic E-state index is -0.662. The fraction of sp³-hybridized carbons (Fsp3) is 0.962. The van der Waals surface area contributed by atoms with Gasteiger partial charge in [-0.1, -0.05) is 54.4 Å². The molecule has 0 heterocycles. The van der Waals surface area contributed by atoms with E-state index >= 15 is 0 Å². The number of hydrogen-bond donors (Lipinski definition) is 2. The second-order valence-corrected chi connectivity index (χ2v) is 11.8. The number of carbonyl (C=O) groups is 1. The smallest absolute Gasteiger partial charge is 0.303 e. The van der Waals surface area contributed by atoms with E-state index in [9.17, 15) is 9.90 Å². The van der Waals surface area contributed by atoms with E-state index in [1.165, 1.54) is 38.5 Å². The van der Waals surface area contributed by atoms with Crippen LogP contribution in [-0.4, -0.2) is 22.3 Å². The molecular weight excluding hydrogens is 360 g/mol. The highest BCUT2D eigenvalue weighted by atomic mass is 16.4. The SMILES string of the molecule is CCC[C@@H](CC[C@@H]1C[C@@H](O)CCC1(C)C)C1CCC([C@H](C)CCC(=O)O)C1(C)C. The van der Waals surface area contributed by atoms with Crippen LogP contribution in [0.25, 0.3) is 0 Å². The van der Waals surface area contributed by atoms with Crippen LogP contribution in [0.2, 0.25) is 0 Å². The molecule has 3 heteroatoms. The van der Waals surface area contributed by atoms with Gasteiger partial charge in [0.15, 0.2) is 0 Å². The fourth-order valence-electron chi connectivity index (χ4n) is 7.14. The van der Waals surface area contributed by atoms with Crippen molar-refractivity contribution >= 4 is 5.97 Å². The minimum absolute atomic E-state index is 0.0972. The van der Waals surface area contributed by atoms with E-state index in [1.54, 1.807) is 0 Å². The number of hydrogen-bond acceptors (Lipinski definition) is 2. The van der Waals surface area contributed by atoms with E-state index in [2.05, 4.69) is 41.5 Å². The van der Waals surface area contributed by atoms with E-state index in [0.717, 1.165) is 37.5 Å². The first-order valence-electron chi connectivity index (χ1n) is 12.4. The Morgan fingerprint density at radius 1 is 1.03 bits per heavy atom. The number of carboxylic acid groups (broad SMARTS) is 1. The Hall–Kier alpha value is -0.570. The average Bonchev–Trinajstić information content (AvgIpc) is 2.94. The molecule has 2 aliphatic carbocycles. The second kappa shape index (κ2) is 10.2. The zero-order valence-electron chi connectivity index (χ0n) is 20.0. The Morgan fingerprint density at radius 3 is 2.31 bits per heavy atom. The summed E-state index contributed by atoms with van der Waals surface area (Å²) in [5.74, 6) is 2.61. The molecule has 0 aromatic heterocycles. The average molecular weight is 409 g/mol. The lowest BCUT2D eigenvalue weighted by Gasteiger charge is -2.43. The molecule has 0 aromatic carbocycles. The van der Waals surface area contributed by atoms with Crippen LogP contribution in [0.5, 0.6) is 0 Å². The molecule has 2 N–H and O–H groups in total. The first-order chi connectivity index (χ1) is 13.5. The van der Waals surface area contributed by atoms with Gasteiger partial charge in [-0.15, -0.1) is 0 Å². The van der Waals surface area contributed by atoms with Gasteiger partial charge in [0.2, 0.25) is 0 Å². The van der Waals surface area contributed by atoms with Gasteiger partial charge in [-0.3, -0.25) is 4.79 Å². The molecule has 0 spiro atoms. The van der Waals surface area contributed by atoms with Crippen LogP contribution in [0.3, 0.4) is 0 Å². The van der Waals surface area contributed by atoms with Crippen LogP contribution >= 0.6 is 0 Å². The van der Waals surface area contributed by atoms with Gasteiger partial charge in [-0.25, -0.2) is 0 Å². The molecule has 0 radical (unpaired) electrons. The van der Waals surface area contributed by atoms with E-state index in [0.29, 0.717) is 35.0 Å². The normalized spacial score (nSPS) is 33.3. The first kappa shape index (κ1) is 24.7. The predicted molar refractivity (Wildman–Crippen MR) is 121 cm³/mol. The van der Waals surface area contributed by atoms with Crippen molar-refractivity contribution in [3.63, 3.8) is 0 Å². The summed E-state index contributed by atoms with van der Waals surface area (Å²) in [6, 6.07) is 0. The number of carboxylic acids is 1. The van der Waals surface area contributed by atoms with Crippen molar-refractivity contribution in [2.45, 2.75) is 118 Å². The van der Waals surface area contributed by atoms with Crippen LogP contribution in [0, 0.1) is 40.4 Å². The quantitative estimate of drug-likeness (QED) is 0.412. The lowest BCUT2D eigenvalue weighted by atomic mass is 9.62. The maximum Gasteiger partial charge on any atom is 0.303 e. The standard InChI is InChI=1S/C26H48O3/c1-7-8-19(10-11-20-17-21(27)15-16-25(20,3)4)23-13-12-22(26(23,5)6)18(2)9-14-24(28)29/h18-23,27H,7-17H2,1-6H3,(H,28,29)/t18-,19+,20-,21+,22?,23?/m1/s1. The van der Waals surface area contributed by atoms with E-state index in [-0.39, 0.29) is 6.10 Å².